The Morgan fingerprint density at radius 1 is 1.48 bits per heavy atom. The fourth-order valence-electron chi connectivity index (χ4n) is 1.47. The molecule has 0 fully saturated rings. The highest BCUT2D eigenvalue weighted by Gasteiger charge is 2.11. The van der Waals surface area contributed by atoms with E-state index in [0.29, 0.717) is 12.2 Å². The third kappa shape index (κ3) is 7.62. The zero-order valence-corrected chi connectivity index (χ0v) is 13.8. The lowest BCUT2D eigenvalue weighted by Gasteiger charge is -2.05. The fraction of sp³-hybridized carbons (Fsp3) is 0.538. The van der Waals surface area contributed by atoms with Crippen LogP contribution in [0.15, 0.2) is 28.1 Å². The summed E-state index contributed by atoms with van der Waals surface area (Å²) in [6, 6.07) is 3.96. The van der Waals surface area contributed by atoms with Crippen LogP contribution in [0.5, 0.6) is 0 Å². The molecule has 0 atom stereocenters. The Morgan fingerprint density at radius 3 is 2.33 bits per heavy atom. The van der Waals surface area contributed by atoms with E-state index in [0.717, 1.165) is 18.1 Å². The van der Waals surface area contributed by atoms with E-state index < -0.39 is 4.92 Å². The summed E-state index contributed by atoms with van der Waals surface area (Å²) in [6.07, 6.45) is 0.333. The first-order valence-corrected chi connectivity index (χ1v) is 7.12. The Labute approximate surface area is 130 Å². The highest BCUT2D eigenvalue weighted by Crippen LogP contribution is 2.10. The zero-order valence-electron chi connectivity index (χ0n) is 12.9. The number of nitro groups is 1. The van der Waals surface area contributed by atoms with Gasteiger partial charge in [0, 0.05) is 19.2 Å². The number of nitrogens with zero attached hydrogens (tertiary/aromatic N) is 2. The van der Waals surface area contributed by atoms with Crippen molar-refractivity contribution in [1.29, 1.82) is 0 Å². The zero-order chi connectivity index (χ0) is 16.4. The second-order valence-corrected chi connectivity index (χ2v) is 4.80. The van der Waals surface area contributed by atoms with Crippen LogP contribution in [-0.2, 0) is 12.3 Å². The van der Waals surface area contributed by atoms with Gasteiger partial charge >= 0.3 is 0 Å². The molecule has 0 bridgehead atoms. The second-order valence-electron chi connectivity index (χ2n) is 4.48. The van der Waals surface area contributed by atoms with Crippen LogP contribution in [0.25, 0.3) is 0 Å². The first-order valence-electron chi connectivity index (χ1n) is 6.49. The number of hydrogen-bond acceptors (Lipinski definition) is 7. The Morgan fingerprint density at radius 2 is 2.05 bits per heavy atom. The Balaban J connectivity index is 0.000000384. The Kier molecular flexibility index (Phi) is 9.31. The van der Waals surface area contributed by atoms with Crippen molar-refractivity contribution in [3.63, 3.8) is 0 Å². The molecule has 0 aliphatic rings. The number of thiol groups is 1. The van der Waals surface area contributed by atoms with Gasteiger partial charge in [0.15, 0.2) is 5.82 Å². The van der Waals surface area contributed by atoms with Crippen molar-refractivity contribution in [3.05, 3.63) is 45.3 Å². The van der Waals surface area contributed by atoms with Crippen LogP contribution < -0.4 is 11.1 Å². The van der Waals surface area contributed by atoms with Gasteiger partial charge in [0.25, 0.3) is 5.70 Å². The molecule has 7 nitrogen and oxygen atoms in total. The monoisotopic (exact) mass is 316 g/mol. The molecule has 0 saturated carbocycles. The predicted octanol–water partition coefficient (Wildman–Crippen LogP) is 1.79. The van der Waals surface area contributed by atoms with Crippen LogP contribution in [0.2, 0.25) is 0 Å². The summed E-state index contributed by atoms with van der Waals surface area (Å²) in [7, 11) is 5.58. The van der Waals surface area contributed by atoms with Crippen LogP contribution in [-0.4, -0.2) is 31.0 Å². The van der Waals surface area contributed by atoms with E-state index in [1.807, 2.05) is 26.2 Å². The lowest BCUT2D eigenvalue weighted by Crippen LogP contribution is -2.20. The molecule has 1 aromatic heterocycles. The average molecular weight is 316 g/mol. The maximum absolute atomic E-state index is 10.2. The molecule has 120 valence electrons. The van der Waals surface area contributed by atoms with E-state index >= 15 is 0 Å². The van der Waals surface area contributed by atoms with Gasteiger partial charge in [0.1, 0.15) is 11.5 Å². The van der Waals surface area contributed by atoms with Crippen molar-refractivity contribution >= 4 is 12.6 Å². The average Bonchev–Trinajstić information content (AvgIpc) is 2.86. The molecule has 0 spiro atoms. The minimum Gasteiger partial charge on any atom is -0.464 e. The first kappa shape index (κ1) is 19.3. The number of nitrogens with two attached hydrogens (primary N) is 1. The molecule has 0 amide bonds. The van der Waals surface area contributed by atoms with Crippen molar-refractivity contribution in [2.24, 2.45) is 5.73 Å². The van der Waals surface area contributed by atoms with Crippen molar-refractivity contribution in [2.75, 3.05) is 21.1 Å². The highest BCUT2D eigenvalue weighted by molar-refractivity contribution is 7.79. The summed E-state index contributed by atoms with van der Waals surface area (Å²) in [5.74, 6) is 2.74. The summed E-state index contributed by atoms with van der Waals surface area (Å²) < 4.78 is 5.43. The topological polar surface area (TPSA) is 97.6 Å². The third-order valence-electron chi connectivity index (χ3n) is 2.48. The smallest absolute Gasteiger partial charge is 0.285 e. The largest absolute Gasteiger partial charge is 0.464 e. The van der Waals surface area contributed by atoms with Crippen molar-refractivity contribution < 1.29 is 9.34 Å². The molecule has 0 saturated heterocycles. The molecule has 21 heavy (non-hydrogen) atoms. The van der Waals surface area contributed by atoms with E-state index in [4.69, 9.17) is 10.2 Å². The molecular weight excluding hydrogens is 292 g/mol. The van der Waals surface area contributed by atoms with Gasteiger partial charge in [-0.15, -0.1) is 0 Å². The SMILES string of the molecule is CCC(=C(N)NC)[N+](=O)[O-].CN(C)Cc1ccc(CS)o1. The lowest BCUT2D eigenvalue weighted by molar-refractivity contribution is -0.429. The van der Waals surface area contributed by atoms with Gasteiger partial charge in [-0.2, -0.15) is 12.6 Å². The molecule has 0 unspecified atom stereocenters. The van der Waals surface area contributed by atoms with Crippen LogP contribution in [0.4, 0.5) is 0 Å². The predicted molar refractivity (Wildman–Crippen MR) is 86.3 cm³/mol. The van der Waals surface area contributed by atoms with E-state index in [1.54, 1.807) is 14.0 Å². The summed E-state index contributed by atoms with van der Waals surface area (Å²) in [5.41, 5.74) is 5.29. The van der Waals surface area contributed by atoms with Crippen LogP contribution >= 0.6 is 12.6 Å². The molecule has 1 aromatic rings. The molecule has 0 aliphatic heterocycles. The van der Waals surface area contributed by atoms with Crippen LogP contribution in [0.1, 0.15) is 24.9 Å². The summed E-state index contributed by atoms with van der Waals surface area (Å²) >= 11 is 4.11. The molecule has 3 N–H and O–H groups in total. The van der Waals surface area contributed by atoms with Crippen LogP contribution in [0, 0.1) is 10.1 Å². The molecular formula is C13H24N4O3S. The molecule has 0 aromatic carbocycles. The van der Waals surface area contributed by atoms with E-state index in [2.05, 4.69) is 22.8 Å². The first-order chi connectivity index (χ1) is 9.85. The minimum absolute atomic E-state index is 0.0301. The summed E-state index contributed by atoms with van der Waals surface area (Å²) in [4.78, 5) is 11.7. The fourth-order valence-corrected chi connectivity index (χ4v) is 1.64. The molecule has 8 heteroatoms. The summed E-state index contributed by atoms with van der Waals surface area (Å²) in [6.45, 7) is 2.54. The van der Waals surface area contributed by atoms with Crippen molar-refractivity contribution in [3.8, 4) is 0 Å². The number of furan rings is 1. The molecule has 0 aliphatic carbocycles. The van der Waals surface area contributed by atoms with Gasteiger partial charge in [-0.25, -0.2) is 0 Å². The number of rotatable bonds is 6. The molecule has 1 heterocycles. The summed E-state index contributed by atoms with van der Waals surface area (Å²) in [5, 5.41) is 12.7. The maximum Gasteiger partial charge on any atom is 0.285 e. The third-order valence-corrected chi connectivity index (χ3v) is 2.79. The molecule has 1 rings (SSSR count). The van der Waals surface area contributed by atoms with Crippen molar-refractivity contribution in [2.45, 2.75) is 25.6 Å². The van der Waals surface area contributed by atoms with Gasteiger partial charge < -0.3 is 20.4 Å². The van der Waals surface area contributed by atoms with Gasteiger partial charge in [-0.05, 0) is 26.2 Å². The van der Waals surface area contributed by atoms with Gasteiger partial charge in [0.05, 0.1) is 11.5 Å². The van der Waals surface area contributed by atoms with E-state index in [1.165, 1.54) is 0 Å². The van der Waals surface area contributed by atoms with Gasteiger partial charge in [0.2, 0.25) is 0 Å². The number of hydrogen-bond donors (Lipinski definition) is 3. The lowest BCUT2D eigenvalue weighted by atomic mass is 10.3. The number of allylic oxidation sites excluding steroid dienone is 1. The molecule has 0 radical (unpaired) electrons. The Bertz CT molecular complexity index is 472. The number of nitrogens with one attached hydrogen (secondary N) is 1. The maximum atomic E-state index is 10.2. The minimum atomic E-state index is -0.480. The second kappa shape index (κ2) is 10.1. The van der Waals surface area contributed by atoms with Crippen molar-refractivity contribution in [1.82, 2.24) is 10.2 Å². The van der Waals surface area contributed by atoms with Crippen LogP contribution in [0.3, 0.4) is 0 Å². The van der Waals surface area contributed by atoms with E-state index in [9.17, 15) is 10.1 Å². The van der Waals surface area contributed by atoms with Gasteiger partial charge in [-0.3, -0.25) is 10.1 Å². The van der Waals surface area contributed by atoms with E-state index in [-0.39, 0.29) is 11.5 Å². The standard InChI is InChI=1S/C8H13NOS.C5H11N3O2/c1-9(2)5-7-3-4-8(6-11)10-7;1-3-4(8(9)10)5(6)7-2/h3-4,11H,5-6H2,1-2H3;7H,3,6H2,1-2H3. The normalized spacial score (nSPS) is 11.5. The quantitative estimate of drug-likeness (QED) is 0.420. The highest BCUT2D eigenvalue weighted by atomic mass is 32.1. The Hall–Kier alpha value is -1.67. The van der Waals surface area contributed by atoms with Gasteiger partial charge in [-0.1, -0.05) is 6.92 Å².